The Bertz CT molecular complexity index is 355. The Balaban J connectivity index is 2.26. The van der Waals surface area contributed by atoms with E-state index in [1.165, 1.54) is 0 Å². The molecule has 0 amide bonds. The van der Waals surface area contributed by atoms with Gasteiger partial charge in [-0.1, -0.05) is 24.4 Å². The smallest absolute Gasteiger partial charge is 0.119 e. The first-order chi connectivity index (χ1) is 8.22. The van der Waals surface area contributed by atoms with E-state index in [1.807, 2.05) is 24.3 Å². The molecule has 0 aromatic heterocycles. The summed E-state index contributed by atoms with van der Waals surface area (Å²) in [4.78, 5) is 0.576. The maximum Gasteiger partial charge on any atom is 0.119 e. The molecule has 1 aromatic carbocycles. The van der Waals surface area contributed by atoms with Crippen LogP contribution >= 0.6 is 12.2 Å². The van der Waals surface area contributed by atoms with Gasteiger partial charge in [0.15, 0.2) is 0 Å². The highest BCUT2D eigenvalue weighted by atomic mass is 32.1. The van der Waals surface area contributed by atoms with Crippen molar-refractivity contribution in [2.45, 2.75) is 25.9 Å². The summed E-state index contributed by atoms with van der Waals surface area (Å²) in [5.74, 6) is 0.884. The second-order valence-corrected chi connectivity index (χ2v) is 4.38. The second-order valence-electron chi connectivity index (χ2n) is 3.85. The number of ether oxygens (including phenoxy) is 2. The van der Waals surface area contributed by atoms with Crippen LogP contribution in [0.3, 0.4) is 0 Å². The summed E-state index contributed by atoms with van der Waals surface area (Å²) in [6.45, 7) is 1.30. The molecule has 4 heteroatoms. The van der Waals surface area contributed by atoms with E-state index in [2.05, 4.69) is 0 Å². The molecule has 0 bridgehead atoms. The average Bonchev–Trinajstić information content (AvgIpc) is 2.29. The predicted octanol–water partition coefficient (Wildman–Crippen LogP) is 2.67. The minimum absolute atomic E-state index is 0.576. The largest absolute Gasteiger partial charge is 0.494 e. The molecule has 0 radical (unpaired) electrons. The highest BCUT2D eigenvalue weighted by molar-refractivity contribution is 7.80. The van der Waals surface area contributed by atoms with E-state index in [1.54, 1.807) is 7.11 Å². The van der Waals surface area contributed by atoms with Crippen molar-refractivity contribution in [1.82, 2.24) is 0 Å². The van der Waals surface area contributed by atoms with Crippen molar-refractivity contribution in [3.05, 3.63) is 29.8 Å². The highest BCUT2D eigenvalue weighted by Gasteiger charge is 1.97. The molecule has 2 N–H and O–H groups in total. The number of thiocarbonyl (C=S) groups is 1. The average molecular weight is 253 g/mol. The summed E-state index contributed by atoms with van der Waals surface area (Å²) in [5, 5.41) is 0. The molecule has 0 aliphatic rings. The lowest BCUT2D eigenvalue weighted by molar-refractivity contribution is 0.184. The molecule has 94 valence electrons. The Morgan fingerprint density at radius 1 is 1.35 bits per heavy atom. The van der Waals surface area contributed by atoms with Gasteiger partial charge in [-0.15, -0.1) is 0 Å². The van der Waals surface area contributed by atoms with Crippen molar-refractivity contribution < 1.29 is 9.47 Å². The zero-order valence-corrected chi connectivity index (χ0v) is 11.0. The van der Waals surface area contributed by atoms with Crippen LogP contribution < -0.4 is 10.5 Å². The molecule has 17 heavy (non-hydrogen) atoms. The molecule has 0 heterocycles. The predicted molar refractivity (Wildman–Crippen MR) is 73.3 cm³/mol. The molecule has 0 saturated heterocycles. The standard InChI is InChI=1S/C13H19NO2S/c1-15-10-11-5-4-6-12(9-11)16-8-3-2-7-13(14)17/h4-6,9H,2-3,7-8,10H2,1H3,(H2,14,17). The maximum atomic E-state index is 5.64. The van der Waals surface area contributed by atoms with Crippen molar-refractivity contribution in [2.75, 3.05) is 13.7 Å². The Labute approximate surface area is 108 Å². The van der Waals surface area contributed by atoms with Gasteiger partial charge in [0.05, 0.1) is 18.2 Å². The summed E-state index contributed by atoms with van der Waals surface area (Å²) in [6.07, 6.45) is 2.74. The lowest BCUT2D eigenvalue weighted by atomic mass is 10.2. The molecule has 1 aromatic rings. The summed E-state index contributed by atoms with van der Waals surface area (Å²) in [7, 11) is 1.68. The number of nitrogens with two attached hydrogens (primary N) is 1. The molecule has 0 aliphatic carbocycles. The Morgan fingerprint density at radius 3 is 2.88 bits per heavy atom. The molecule has 0 saturated carbocycles. The molecule has 0 unspecified atom stereocenters. The molecule has 0 atom stereocenters. The molecule has 3 nitrogen and oxygen atoms in total. The van der Waals surface area contributed by atoms with Crippen LogP contribution in [0.25, 0.3) is 0 Å². The van der Waals surface area contributed by atoms with E-state index in [0.717, 1.165) is 30.6 Å². The normalized spacial score (nSPS) is 10.2. The van der Waals surface area contributed by atoms with E-state index in [-0.39, 0.29) is 0 Å². The van der Waals surface area contributed by atoms with Gasteiger partial charge in [0.2, 0.25) is 0 Å². The van der Waals surface area contributed by atoms with Gasteiger partial charge >= 0.3 is 0 Å². The first-order valence-corrected chi connectivity index (χ1v) is 6.12. The summed E-state index contributed by atoms with van der Waals surface area (Å²) >= 11 is 4.81. The lowest BCUT2D eigenvalue weighted by Crippen LogP contribution is -2.08. The van der Waals surface area contributed by atoms with Crippen LogP contribution in [-0.4, -0.2) is 18.7 Å². The monoisotopic (exact) mass is 253 g/mol. The van der Waals surface area contributed by atoms with E-state index < -0.39 is 0 Å². The van der Waals surface area contributed by atoms with Gasteiger partial charge in [-0.05, 0) is 37.0 Å². The van der Waals surface area contributed by atoms with Crippen LogP contribution in [-0.2, 0) is 11.3 Å². The first-order valence-electron chi connectivity index (χ1n) is 5.71. The van der Waals surface area contributed by atoms with Crippen LogP contribution in [0.1, 0.15) is 24.8 Å². The van der Waals surface area contributed by atoms with E-state index in [9.17, 15) is 0 Å². The number of hydrogen-bond acceptors (Lipinski definition) is 3. The molecule has 0 aliphatic heterocycles. The summed E-state index contributed by atoms with van der Waals surface area (Å²) in [6, 6.07) is 7.94. The maximum absolute atomic E-state index is 5.64. The molecule has 0 spiro atoms. The van der Waals surface area contributed by atoms with E-state index in [4.69, 9.17) is 27.4 Å². The van der Waals surface area contributed by atoms with Gasteiger partial charge in [-0.3, -0.25) is 0 Å². The van der Waals surface area contributed by atoms with Gasteiger partial charge < -0.3 is 15.2 Å². The van der Waals surface area contributed by atoms with Crippen molar-refractivity contribution in [3.8, 4) is 5.75 Å². The molecule has 1 rings (SSSR count). The molecular weight excluding hydrogens is 234 g/mol. The van der Waals surface area contributed by atoms with Crippen LogP contribution in [0, 0.1) is 0 Å². The quantitative estimate of drug-likeness (QED) is 0.571. The zero-order chi connectivity index (χ0) is 12.5. The van der Waals surface area contributed by atoms with Crippen LogP contribution in [0.2, 0.25) is 0 Å². The molecule has 0 fully saturated rings. The fraction of sp³-hybridized carbons (Fsp3) is 0.462. The number of rotatable bonds is 8. The van der Waals surface area contributed by atoms with Gasteiger partial charge in [0.25, 0.3) is 0 Å². The van der Waals surface area contributed by atoms with Crippen LogP contribution in [0.5, 0.6) is 5.75 Å². The van der Waals surface area contributed by atoms with Crippen LogP contribution in [0.15, 0.2) is 24.3 Å². The Kier molecular flexibility index (Phi) is 6.58. The zero-order valence-electron chi connectivity index (χ0n) is 10.1. The van der Waals surface area contributed by atoms with Gasteiger partial charge in [-0.2, -0.15) is 0 Å². The third kappa shape index (κ3) is 6.24. The van der Waals surface area contributed by atoms with Crippen molar-refractivity contribution in [2.24, 2.45) is 5.73 Å². The summed E-state index contributed by atoms with van der Waals surface area (Å²) in [5.41, 5.74) is 6.53. The van der Waals surface area contributed by atoms with Crippen molar-refractivity contribution in [3.63, 3.8) is 0 Å². The van der Waals surface area contributed by atoms with Gasteiger partial charge in [0.1, 0.15) is 5.75 Å². The minimum atomic E-state index is 0.576. The third-order valence-electron chi connectivity index (χ3n) is 2.30. The number of benzene rings is 1. The fourth-order valence-electron chi connectivity index (χ4n) is 1.48. The summed E-state index contributed by atoms with van der Waals surface area (Å²) < 4.78 is 10.7. The third-order valence-corrected chi connectivity index (χ3v) is 2.50. The van der Waals surface area contributed by atoms with E-state index in [0.29, 0.717) is 18.2 Å². The Hall–Kier alpha value is -1.13. The Morgan fingerprint density at radius 2 is 2.18 bits per heavy atom. The van der Waals surface area contributed by atoms with E-state index >= 15 is 0 Å². The number of methoxy groups -OCH3 is 1. The molecular formula is C13H19NO2S. The van der Waals surface area contributed by atoms with Gasteiger partial charge in [0, 0.05) is 7.11 Å². The minimum Gasteiger partial charge on any atom is -0.494 e. The topological polar surface area (TPSA) is 44.5 Å². The fourth-order valence-corrected chi connectivity index (χ4v) is 1.63. The van der Waals surface area contributed by atoms with Crippen LogP contribution in [0.4, 0.5) is 0 Å². The van der Waals surface area contributed by atoms with Crippen molar-refractivity contribution in [1.29, 1.82) is 0 Å². The van der Waals surface area contributed by atoms with Crippen molar-refractivity contribution >= 4 is 17.2 Å². The van der Waals surface area contributed by atoms with Gasteiger partial charge in [-0.25, -0.2) is 0 Å². The number of hydrogen-bond donors (Lipinski definition) is 1. The number of unbranched alkanes of at least 4 members (excludes halogenated alkanes) is 1. The lowest BCUT2D eigenvalue weighted by Gasteiger charge is -2.07. The first kappa shape index (κ1) is 13.9. The highest BCUT2D eigenvalue weighted by Crippen LogP contribution is 2.14. The SMILES string of the molecule is COCc1cccc(OCCCCC(N)=S)c1. The second kappa shape index (κ2) is 8.03.